The Kier molecular flexibility index (Phi) is 2.93. The Morgan fingerprint density at radius 2 is 2.00 bits per heavy atom. The zero-order valence-electron chi connectivity index (χ0n) is 8.72. The average Bonchev–Trinajstić information content (AvgIpc) is 2.97. The lowest BCUT2D eigenvalue weighted by molar-refractivity contribution is -0.151. The van der Waals surface area contributed by atoms with Gasteiger partial charge < -0.3 is 10.1 Å². The summed E-state index contributed by atoms with van der Waals surface area (Å²) < 4.78 is 4.59. The van der Waals surface area contributed by atoms with E-state index in [-0.39, 0.29) is 5.91 Å². The maximum Gasteiger partial charge on any atom is 0.321 e. The van der Waals surface area contributed by atoms with Crippen molar-refractivity contribution in [1.82, 2.24) is 5.32 Å². The monoisotopic (exact) mass is 197 g/mol. The van der Waals surface area contributed by atoms with E-state index in [2.05, 4.69) is 10.1 Å². The molecule has 1 fully saturated rings. The molecule has 78 valence electrons. The number of methoxy groups -OCH3 is 1. The van der Waals surface area contributed by atoms with Crippen molar-refractivity contribution in [2.24, 2.45) is 5.41 Å². The van der Waals surface area contributed by atoms with E-state index in [1.54, 1.807) is 13.0 Å². The van der Waals surface area contributed by atoms with Crippen molar-refractivity contribution in [3.8, 4) is 0 Å². The number of allylic oxidation sites excluding steroid dienone is 2. The lowest BCUT2D eigenvalue weighted by Gasteiger charge is -2.12. The summed E-state index contributed by atoms with van der Waals surface area (Å²) in [5.74, 6) is -0.682. The first-order valence-electron chi connectivity index (χ1n) is 4.59. The van der Waals surface area contributed by atoms with Gasteiger partial charge in [-0.2, -0.15) is 0 Å². The Morgan fingerprint density at radius 3 is 2.36 bits per heavy atom. The van der Waals surface area contributed by atoms with Crippen molar-refractivity contribution in [2.75, 3.05) is 7.11 Å². The highest BCUT2D eigenvalue weighted by Gasteiger charge is 2.57. The SMILES string of the molecule is CC=C(C)NC(=O)C1(C(=O)OC)CC1. The second-order valence-electron chi connectivity index (χ2n) is 3.50. The molecule has 0 aromatic heterocycles. The van der Waals surface area contributed by atoms with Gasteiger partial charge >= 0.3 is 5.97 Å². The van der Waals surface area contributed by atoms with E-state index in [0.717, 1.165) is 5.70 Å². The van der Waals surface area contributed by atoms with Crippen LogP contribution in [-0.4, -0.2) is 19.0 Å². The molecule has 0 bridgehead atoms. The lowest BCUT2D eigenvalue weighted by Crippen LogP contribution is -2.36. The fourth-order valence-corrected chi connectivity index (χ4v) is 1.22. The van der Waals surface area contributed by atoms with Gasteiger partial charge in [-0.1, -0.05) is 6.08 Å². The van der Waals surface area contributed by atoms with Gasteiger partial charge in [0.05, 0.1) is 7.11 Å². The number of carbonyl (C=O) groups excluding carboxylic acids is 2. The Bertz CT molecular complexity index is 290. The minimum atomic E-state index is -0.904. The summed E-state index contributed by atoms with van der Waals surface area (Å²) in [5, 5.41) is 2.67. The van der Waals surface area contributed by atoms with Crippen LogP contribution in [0.4, 0.5) is 0 Å². The molecule has 1 saturated carbocycles. The molecule has 0 radical (unpaired) electrons. The van der Waals surface area contributed by atoms with Crippen molar-refractivity contribution in [2.45, 2.75) is 26.7 Å². The Morgan fingerprint density at radius 1 is 1.43 bits per heavy atom. The average molecular weight is 197 g/mol. The minimum Gasteiger partial charge on any atom is -0.468 e. The van der Waals surface area contributed by atoms with E-state index in [0.29, 0.717) is 12.8 Å². The predicted octanol–water partition coefficient (Wildman–Crippen LogP) is 0.980. The van der Waals surface area contributed by atoms with Crippen molar-refractivity contribution >= 4 is 11.9 Å². The van der Waals surface area contributed by atoms with Gasteiger partial charge in [-0.3, -0.25) is 9.59 Å². The summed E-state index contributed by atoms with van der Waals surface area (Å²) >= 11 is 0. The van der Waals surface area contributed by atoms with Gasteiger partial charge in [-0.25, -0.2) is 0 Å². The molecule has 4 heteroatoms. The van der Waals surface area contributed by atoms with Crippen LogP contribution >= 0.6 is 0 Å². The van der Waals surface area contributed by atoms with Crippen LogP contribution in [0.25, 0.3) is 0 Å². The molecule has 0 aromatic carbocycles. The van der Waals surface area contributed by atoms with E-state index in [1.165, 1.54) is 7.11 Å². The third-order valence-corrected chi connectivity index (χ3v) is 2.50. The number of ether oxygens (including phenoxy) is 1. The predicted molar refractivity (Wildman–Crippen MR) is 51.3 cm³/mol. The molecule has 1 aliphatic carbocycles. The van der Waals surface area contributed by atoms with E-state index in [9.17, 15) is 9.59 Å². The third kappa shape index (κ3) is 1.78. The van der Waals surface area contributed by atoms with Gasteiger partial charge in [0, 0.05) is 5.70 Å². The number of amides is 1. The zero-order valence-corrected chi connectivity index (χ0v) is 8.72. The molecule has 1 rings (SSSR count). The number of hydrogen-bond donors (Lipinski definition) is 1. The number of rotatable bonds is 3. The summed E-state index contributed by atoms with van der Waals surface area (Å²) in [5.41, 5.74) is -0.149. The third-order valence-electron chi connectivity index (χ3n) is 2.50. The maximum atomic E-state index is 11.6. The highest BCUT2D eigenvalue weighted by molar-refractivity contribution is 6.06. The van der Waals surface area contributed by atoms with Gasteiger partial charge in [0.25, 0.3) is 0 Å². The molecule has 0 aromatic rings. The van der Waals surface area contributed by atoms with Crippen LogP contribution in [0.3, 0.4) is 0 Å². The van der Waals surface area contributed by atoms with Gasteiger partial charge in [-0.15, -0.1) is 0 Å². The fraction of sp³-hybridized carbons (Fsp3) is 0.600. The van der Waals surface area contributed by atoms with Gasteiger partial charge in [-0.05, 0) is 26.7 Å². The standard InChI is InChI=1S/C10H15NO3/c1-4-7(2)11-8(12)10(5-6-10)9(13)14-3/h4H,5-6H2,1-3H3,(H,11,12). The zero-order chi connectivity index (χ0) is 10.8. The van der Waals surface area contributed by atoms with Crippen molar-refractivity contribution in [1.29, 1.82) is 0 Å². The van der Waals surface area contributed by atoms with Gasteiger partial charge in [0.2, 0.25) is 5.91 Å². The molecular formula is C10H15NO3. The van der Waals surface area contributed by atoms with Crippen LogP contribution < -0.4 is 5.32 Å². The normalized spacial score (nSPS) is 18.6. The summed E-state index contributed by atoms with van der Waals surface area (Å²) in [6, 6.07) is 0. The second kappa shape index (κ2) is 3.82. The Hall–Kier alpha value is -1.32. The van der Waals surface area contributed by atoms with E-state index < -0.39 is 11.4 Å². The van der Waals surface area contributed by atoms with Gasteiger partial charge in [0.15, 0.2) is 0 Å². The first-order valence-corrected chi connectivity index (χ1v) is 4.59. The first kappa shape index (κ1) is 10.8. The number of hydrogen-bond acceptors (Lipinski definition) is 3. The maximum absolute atomic E-state index is 11.6. The number of carbonyl (C=O) groups is 2. The largest absolute Gasteiger partial charge is 0.468 e. The molecule has 0 spiro atoms. The lowest BCUT2D eigenvalue weighted by atomic mass is 10.1. The van der Waals surface area contributed by atoms with E-state index >= 15 is 0 Å². The molecule has 0 heterocycles. The molecule has 1 amide bonds. The number of esters is 1. The molecule has 14 heavy (non-hydrogen) atoms. The van der Waals surface area contributed by atoms with Crippen LogP contribution in [0.5, 0.6) is 0 Å². The number of nitrogens with one attached hydrogen (secondary N) is 1. The van der Waals surface area contributed by atoms with Crippen LogP contribution in [0.15, 0.2) is 11.8 Å². The topological polar surface area (TPSA) is 55.4 Å². The fourth-order valence-electron chi connectivity index (χ4n) is 1.22. The van der Waals surface area contributed by atoms with Crippen LogP contribution in [-0.2, 0) is 14.3 Å². The van der Waals surface area contributed by atoms with E-state index in [4.69, 9.17) is 0 Å². The molecule has 0 saturated heterocycles. The molecular weight excluding hydrogens is 182 g/mol. The Labute approximate surface area is 83.3 Å². The first-order chi connectivity index (χ1) is 6.56. The highest BCUT2D eigenvalue weighted by Crippen LogP contribution is 2.47. The minimum absolute atomic E-state index is 0.250. The van der Waals surface area contributed by atoms with Crippen LogP contribution in [0, 0.1) is 5.41 Å². The molecule has 0 aliphatic heterocycles. The summed E-state index contributed by atoms with van der Waals surface area (Å²) in [6.07, 6.45) is 2.95. The molecule has 0 atom stereocenters. The van der Waals surface area contributed by atoms with Crippen molar-refractivity contribution in [3.05, 3.63) is 11.8 Å². The quantitative estimate of drug-likeness (QED) is 0.542. The summed E-state index contributed by atoms with van der Waals surface area (Å²) in [6.45, 7) is 3.61. The Balaban J connectivity index is 2.65. The molecule has 1 N–H and O–H groups in total. The van der Waals surface area contributed by atoms with Crippen LogP contribution in [0.2, 0.25) is 0 Å². The van der Waals surface area contributed by atoms with Crippen molar-refractivity contribution < 1.29 is 14.3 Å². The smallest absolute Gasteiger partial charge is 0.321 e. The summed E-state index contributed by atoms with van der Waals surface area (Å²) in [4.78, 5) is 22.9. The van der Waals surface area contributed by atoms with E-state index in [1.807, 2.05) is 6.92 Å². The highest BCUT2D eigenvalue weighted by atomic mass is 16.5. The molecule has 1 aliphatic rings. The summed E-state index contributed by atoms with van der Waals surface area (Å²) in [7, 11) is 1.30. The second-order valence-corrected chi connectivity index (χ2v) is 3.50. The van der Waals surface area contributed by atoms with Crippen molar-refractivity contribution in [3.63, 3.8) is 0 Å². The molecule has 0 unspecified atom stereocenters. The van der Waals surface area contributed by atoms with Gasteiger partial charge in [0.1, 0.15) is 5.41 Å². The van der Waals surface area contributed by atoms with Crippen LogP contribution in [0.1, 0.15) is 26.7 Å². The molecule has 4 nitrogen and oxygen atoms in total.